The Morgan fingerprint density at radius 1 is 1.00 bits per heavy atom. The molecule has 0 aliphatic heterocycles. The van der Waals surface area contributed by atoms with Crippen LogP contribution in [0.5, 0.6) is 0 Å². The first-order chi connectivity index (χ1) is 13.9. The summed E-state index contributed by atoms with van der Waals surface area (Å²) in [4.78, 5) is 13.6. The number of hydrogen-bond acceptors (Lipinski definition) is 2. The SMILES string of the molecule is CC(C)[C@@H]1CC[C@@H](C)C[C@H]1OC(=O)[C@]1(c2ccccc2)C[C@@]1(F)c1ccccc1. The maximum Gasteiger partial charge on any atom is 0.320 e. The van der Waals surface area contributed by atoms with Crippen molar-refractivity contribution in [2.24, 2.45) is 17.8 Å². The molecule has 0 saturated heterocycles. The van der Waals surface area contributed by atoms with Crippen LogP contribution in [0.2, 0.25) is 0 Å². The Balaban J connectivity index is 1.67. The largest absolute Gasteiger partial charge is 0.461 e. The average molecular weight is 395 g/mol. The third-order valence-corrected chi connectivity index (χ3v) is 7.13. The molecule has 2 aliphatic rings. The van der Waals surface area contributed by atoms with Crippen LogP contribution in [0, 0.1) is 17.8 Å². The monoisotopic (exact) mass is 394 g/mol. The van der Waals surface area contributed by atoms with E-state index in [1.165, 1.54) is 0 Å². The fourth-order valence-electron chi connectivity index (χ4n) is 5.27. The van der Waals surface area contributed by atoms with Crippen molar-refractivity contribution in [1.29, 1.82) is 0 Å². The minimum atomic E-state index is -1.72. The molecule has 0 amide bonds. The van der Waals surface area contributed by atoms with Gasteiger partial charge in [0.25, 0.3) is 0 Å². The fraction of sp³-hybridized carbons (Fsp3) is 0.500. The number of benzene rings is 2. The smallest absolute Gasteiger partial charge is 0.320 e. The van der Waals surface area contributed by atoms with E-state index in [1.54, 1.807) is 12.1 Å². The van der Waals surface area contributed by atoms with Gasteiger partial charge in [0.1, 0.15) is 11.5 Å². The van der Waals surface area contributed by atoms with Gasteiger partial charge in [-0.3, -0.25) is 4.79 Å². The van der Waals surface area contributed by atoms with Crippen LogP contribution in [0.4, 0.5) is 4.39 Å². The first kappa shape index (κ1) is 20.1. The molecular weight excluding hydrogens is 363 g/mol. The number of carbonyl (C=O) groups is 1. The van der Waals surface area contributed by atoms with Gasteiger partial charge in [-0.25, -0.2) is 4.39 Å². The fourth-order valence-corrected chi connectivity index (χ4v) is 5.27. The van der Waals surface area contributed by atoms with Crippen LogP contribution in [0.15, 0.2) is 60.7 Å². The molecule has 4 rings (SSSR count). The van der Waals surface area contributed by atoms with E-state index in [9.17, 15) is 4.79 Å². The first-order valence-corrected chi connectivity index (χ1v) is 10.9. The van der Waals surface area contributed by atoms with Crippen molar-refractivity contribution < 1.29 is 13.9 Å². The van der Waals surface area contributed by atoms with E-state index in [0.717, 1.165) is 19.3 Å². The van der Waals surface area contributed by atoms with Gasteiger partial charge < -0.3 is 4.74 Å². The highest BCUT2D eigenvalue weighted by atomic mass is 19.1. The lowest BCUT2D eigenvalue weighted by molar-refractivity contribution is -0.160. The summed E-state index contributed by atoms with van der Waals surface area (Å²) in [6.45, 7) is 6.59. The van der Waals surface area contributed by atoms with Crippen molar-refractivity contribution in [3.05, 3.63) is 71.8 Å². The molecule has 0 bridgehead atoms. The molecule has 3 heteroatoms. The molecule has 0 spiro atoms. The molecule has 154 valence electrons. The van der Waals surface area contributed by atoms with E-state index in [-0.39, 0.29) is 12.5 Å². The standard InChI is InChI=1S/C26H31FO2/c1-18(2)22-15-14-19(3)16-23(22)29-24(28)25(20-10-6-4-7-11-20)17-26(25,27)21-12-8-5-9-13-21/h4-13,18-19,22-23H,14-17H2,1-3H3/t19-,22+,23-,25-,26-/m1/s1. The lowest BCUT2D eigenvalue weighted by Crippen LogP contribution is -2.40. The Morgan fingerprint density at radius 3 is 2.17 bits per heavy atom. The Bertz CT molecular complexity index is 850. The van der Waals surface area contributed by atoms with Crippen molar-refractivity contribution >= 4 is 5.97 Å². The minimum Gasteiger partial charge on any atom is -0.461 e. The molecule has 2 saturated carbocycles. The minimum absolute atomic E-state index is 0.132. The average Bonchev–Trinajstić information content (AvgIpc) is 3.38. The Morgan fingerprint density at radius 2 is 1.59 bits per heavy atom. The zero-order valence-electron chi connectivity index (χ0n) is 17.6. The van der Waals surface area contributed by atoms with Gasteiger partial charge in [0, 0.05) is 6.42 Å². The van der Waals surface area contributed by atoms with Gasteiger partial charge >= 0.3 is 5.97 Å². The summed E-state index contributed by atoms with van der Waals surface area (Å²) >= 11 is 0. The first-order valence-electron chi connectivity index (χ1n) is 10.9. The number of ether oxygens (including phenoxy) is 1. The van der Waals surface area contributed by atoms with Gasteiger partial charge in [-0.15, -0.1) is 0 Å². The molecule has 2 aromatic rings. The number of carbonyl (C=O) groups excluding carboxylic acids is 1. The van der Waals surface area contributed by atoms with E-state index in [2.05, 4.69) is 20.8 Å². The van der Waals surface area contributed by atoms with Gasteiger partial charge in [0.2, 0.25) is 0 Å². The lowest BCUT2D eigenvalue weighted by atomic mass is 9.75. The number of esters is 1. The molecule has 0 heterocycles. The highest BCUT2D eigenvalue weighted by molar-refractivity contribution is 5.90. The van der Waals surface area contributed by atoms with E-state index in [0.29, 0.717) is 28.9 Å². The molecular formula is C26H31FO2. The molecule has 0 aromatic heterocycles. The third-order valence-electron chi connectivity index (χ3n) is 7.13. The van der Waals surface area contributed by atoms with Crippen LogP contribution in [0.25, 0.3) is 0 Å². The Kier molecular flexibility index (Phi) is 5.27. The molecule has 5 atom stereocenters. The molecule has 29 heavy (non-hydrogen) atoms. The lowest BCUT2D eigenvalue weighted by Gasteiger charge is -2.37. The van der Waals surface area contributed by atoms with Crippen molar-refractivity contribution in [2.75, 3.05) is 0 Å². The van der Waals surface area contributed by atoms with Crippen LogP contribution in [0.3, 0.4) is 0 Å². The van der Waals surface area contributed by atoms with Gasteiger partial charge in [0.05, 0.1) is 0 Å². The molecule has 0 unspecified atom stereocenters. The Labute approximate surface area is 173 Å². The summed E-state index contributed by atoms with van der Waals surface area (Å²) in [5.74, 6) is 0.905. The predicted octanol–water partition coefficient (Wildman–Crippen LogP) is 6.20. The normalized spacial score (nSPS) is 34.0. The van der Waals surface area contributed by atoms with E-state index in [1.807, 2.05) is 48.5 Å². The van der Waals surface area contributed by atoms with Crippen LogP contribution >= 0.6 is 0 Å². The second kappa shape index (κ2) is 7.59. The van der Waals surface area contributed by atoms with Crippen molar-refractivity contribution in [3.8, 4) is 0 Å². The van der Waals surface area contributed by atoms with Crippen molar-refractivity contribution in [1.82, 2.24) is 0 Å². The predicted molar refractivity (Wildman–Crippen MR) is 113 cm³/mol. The van der Waals surface area contributed by atoms with Crippen LogP contribution < -0.4 is 0 Å². The van der Waals surface area contributed by atoms with Gasteiger partial charge in [-0.2, -0.15) is 0 Å². The van der Waals surface area contributed by atoms with E-state index < -0.39 is 17.1 Å². The number of rotatable bonds is 5. The molecule has 2 nitrogen and oxygen atoms in total. The van der Waals surface area contributed by atoms with Crippen LogP contribution in [0.1, 0.15) is 57.6 Å². The van der Waals surface area contributed by atoms with E-state index in [4.69, 9.17) is 4.74 Å². The number of halogens is 1. The van der Waals surface area contributed by atoms with Gasteiger partial charge in [-0.1, -0.05) is 87.9 Å². The molecule has 2 aliphatic carbocycles. The summed E-state index contributed by atoms with van der Waals surface area (Å²) in [5.41, 5.74) is -1.71. The number of alkyl halides is 1. The van der Waals surface area contributed by atoms with E-state index >= 15 is 4.39 Å². The topological polar surface area (TPSA) is 26.3 Å². The van der Waals surface area contributed by atoms with Crippen LogP contribution in [-0.4, -0.2) is 12.1 Å². The maximum absolute atomic E-state index is 16.3. The zero-order chi connectivity index (χ0) is 20.6. The molecule has 2 fully saturated rings. The summed E-state index contributed by atoms with van der Waals surface area (Å²) < 4.78 is 22.4. The Hall–Kier alpha value is -2.16. The second-order valence-corrected chi connectivity index (χ2v) is 9.39. The molecule has 2 aromatic carbocycles. The zero-order valence-corrected chi connectivity index (χ0v) is 17.6. The van der Waals surface area contributed by atoms with Crippen LogP contribution in [-0.2, 0) is 20.6 Å². The number of hydrogen-bond donors (Lipinski definition) is 0. The van der Waals surface area contributed by atoms with Crippen molar-refractivity contribution in [3.63, 3.8) is 0 Å². The summed E-state index contributed by atoms with van der Waals surface area (Å²) in [7, 11) is 0. The summed E-state index contributed by atoms with van der Waals surface area (Å²) in [5, 5.41) is 0. The summed E-state index contributed by atoms with van der Waals surface area (Å²) in [6.07, 6.45) is 3.10. The maximum atomic E-state index is 16.3. The van der Waals surface area contributed by atoms with Gasteiger partial charge in [-0.05, 0) is 41.7 Å². The highest BCUT2D eigenvalue weighted by Gasteiger charge is 2.76. The molecule has 0 radical (unpaired) electrons. The van der Waals surface area contributed by atoms with Crippen molar-refractivity contribution in [2.45, 2.75) is 63.6 Å². The second-order valence-electron chi connectivity index (χ2n) is 9.39. The highest BCUT2D eigenvalue weighted by Crippen LogP contribution is 2.67. The quantitative estimate of drug-likeness (QED) is 0.565. The summed E-state index contributed by atoms with van der Waals surface area (Å²) in [6, 6.07) is 18.4. The molecule has 0 N–H and O–H groups in total. The third kappa shape index (κ3) is 3.39. The van der Waals surface area contributed by atoms with Gasteiger partial charge in [0.15, 0.2) is 5.67 Å².